The van der Waals surface area contributed by atoms with E-state index in [0.717, 1.165) is 0 Å². The molecule has 0 saturated heterocycles. The Morgan fingerprint density at radius 3 is 2.00 bits per heavy atom. The Kier molecular flexibility index (Phi) is 3.42. The number of aliphatic carboxylic acids is 1. The van der Waals surface area contributed by atoms with Crippen LogP contribution < -0.4 is 0 Å². The van der Waals surface area contributed by atoms with Gasteiger partial charge >= 0.3 is 5.97 Å². The summed E-state index contributed by atoms with van der Waals surface area (Å²) in [4.78, 5) is 11.3. The first kappa shape index (κ1) is 12.3. The van der Waals surface area contributed by atoms with Gasteiger partial charge in [-0.15, -0.1) is 0 Å². The molecule has 3 heteroatoms. The van der Waals surface area contributed by atoms with Crippen molar-refractivity contribution >= 4 is 5.97 Å². The van der Waals surface area contributed by atoms with E-state index in [-0.39, 0.29) is 12.0 Å². The molecular weight excluding hydrogens is 231 g/mol. The van der Waals surface area contributed by atoms with Crippen LogP contribution in [0.1, 0.15) is 11.1 Å². The summed E-state index contributed by atoms with van der Waals surface area (Å²) in [5.74, 6) is -1.46. The van der Waals surface area contributed by atoms with Gasteiger partial charge in [0.05, 0.1) is 0 Å². The van der Waals surface area contributed by atoms with Crippen molar-refractivity contribution in [2.24, 2.45) is 0 Å². The molecule has 18 heavy (non-hydrogen) atoms. The molecule has 0 saturated carbocycles. The molecule has 1 atom stereocenters. The maximum Gasteiger partial charge on any atom is 0.346 e. The van der Waals surface area contributed by atoms with E-state index in [0.29, 0.717) is 5.56 Å². The molecule has 1 unspecified atom stereocenters. The normalized spacial score (nSPS) is 13.8. The van der Waals surface area contributed by atoms with Crippen molar-refractivity contribution in [2.45, 2.75) is 12.1 Å². The topological polar surface area (TPSA) is 37.3 Å². The van der Waals surface area contributed by atoms with E-state index in [4.69, 9.17) is 0 Å². The summed E-state index contributed by atoms with van der Waals surface area (Å²) in [7, 11) is 0. The molecule has 0 radical (unpaired) electrons. The van der Waals surface area contributed by atoms with Crippen molar-refractivity contribution in [1.82, 2.24) is 0 Å². The van der Waals surface area contributed by atoms with Crippen LogP contribution in [0, 0.1) is 0 Å². The quantitative estimate of drug-likeness (QED) is 0.896. The fraction of sp³-hybridized carbons (Fsp3) is 0.133. The highest BCUT2D eigenvalue weighted by Crippen LogP contribution is 2.30. The fourth-order valence-electron chi connectivity index (χ4n) is 1.88. The van der Waals surface area contributed by atoms with Crippen LogP contribution in [0.3, 0.4) is 0 Å². The van der Waals surface area contributed by atoms with E-state index in [1.54, 1.807) is 42.5 Å². The zero-order valence-corrected chi connectivity index (χ0v) is 9.71. The van der Waals surface area contributed by atoms with Crippen LogP contribution in [0.15, 0.2) is 60.7 Å². The van der Waals surface area contributed by atoms with Crippen molar-refractivity contribution in [3.8, 4) is 0 Å². The van der Waals surface area contributed by atoms with E-state index >= 15 is 0 Å². The largest absolute Gasteiger partial charge is 0.479 e. The third-order valence-electron chi connectivity index (χ3n) is 2.86. The lowest BCUT2D eigenvalue weighted by Crippen LogP contribution is -2.33. The van der Waals surface area contributed by atoms with Crippen LogP contribution in [0.4, 0.5) is 4.39 Å². The first-order chi connectivity index (χ1) is 8.63. The van der Waals surface area contributed by atoms with Gasteiger partial charge < -0.3 is 5.11 Å². The number of halogens is 1. The molecule has 0 aliphatic rings. The monoisotopic (exact) mass is 244 g/mol. The summed E-state index contributed by atoms with van der Waals surface area (Å²) in [6, 6.07) is 16.8. The number of hydrogen-bond acceptors (Lipinski definition) is 1. The van der Waals surface area contributed by atoms with Gasteiger partial charge in [-0.05, 0) is 5.56 Å². The fourth-order valence-corrected chi connectivity index (χ4v) is 1.88. The van der Waals surface area contributed by atoms with E-state index in [2.05, 4.69) is 0 Å². The van der Waals surface area contributed by atoms with Gasteiger partial charge in [-0.3, -0.25) is 0 Å². The number of carboxylic acids is 1. The lowest BCUT2D eigenvalue weighted by Gasteiger charge is -2.21. The van der Waals surface area contributed by atoms with Crippen LogP contribution in [-0.4, -0.2) is 11.1 Å². The minimum absolute atomic E-state index is 0.168. The first-order valence-electron chi connectivity index (χ1n) is 5.65. The molecule has 2 rings (SSSR count). The van der Waals surface area contributed by atoms with E-state index < -0.39 is 11.6 Å². The molecule has 0 fully saturated rings. The maximum absolute atomic E-state index is 14.7. The van der Waals surface area contributed by atoms with Crippen molar-refractivity contribution in [3.63, 3.8) is 0 Å². The van der Waals surface area contributed by atoms with Gasteiger partial charge in [0.15, 0.2) is 0 Å². The first-order valence-corrected chi connectivity index (χ1v) is 5.65. The second-order valence-corrected chi connectivity index (χ2v) is 4.13. The molecule has 0 bridgehead atoms. The molecule has 0 amide bonds. The predicted molar refractivity (Wildman–Crippen MR) is 67.0 cm³/mol. The van der Waals surface area contributed by atoms with Crippen LogP contribution in [0.2, 0.25) is 0 Å². The third kappa shape index (κ3) is 2.40. The Labute approximate surface area is 105 Å². The highest BCUT2D eigenvalue weighted by atomic mass is 19.1. The summed E-state index contributed by atoms with van der Waals surface area (Å²) < 4.78 is 14.7. The molecule has 0 aromatic heterocycles. The van der Waals surface area contributed by atoms with Crippen LogP contribution in [0.25, 0.3) is 0 Å². The average Bonchev–Trinajstić information content (AvgIpc) is 2.40. The highest BCUT2D eigenvalue weighted by molar-refractivity contribution is 5.79. The Bertz CT molecular complexity index is 525. The van der Waals surface area contributed by atoms with Crippen molar-refractivity contribution in [3.05, 3.63) is 71.8 Å². The Hall–Kier alpha value is -2.16. The van der Waals surface area contributed by atoms with E-state index in [9.17, 15) is 14.3 Å². The maximum atomic E-state index is 14.7. The lowest BCUT2D eigenvalue weighted by molar-refractivity contribution is -0.151. The van der Waals surface area contributed by atoms with Gasteiger partial charge in [0.2, 0.25) is 5.67 Å². The van der Waals surface area contributed by atoms with Gasteiger partial charge in [0.1, 0.15) is 0 Å². The molecule has 2 aromatic carbocycles. The second-order valence-electron chi connectivity index (χ2n) is 4.13. The number of hydrogen-bond donors (Lipinski definition) is 1. The molecular formula is C15H13FO2. The van der Waals surface area contributed by atoms with Gasteiger partial charge in [-0.2, -0.15) is 0 Å². The summed E-state index contributed by atoms with van der Waals surface area (Å²) in [6.07, 6.45) is -0.173. The van der Waals surface area contributed by atoms with E-state index in [1.807, 2.05) is 6.07 Å². The average molecular weight is 244 g/mol. The Balaban J connectivity index is 2.37. The zero-order valence-electron chi connectivity index (χ0n) is 9.71. The van der Waals surface area contributed by atoms with Crippen molar-refractivity contribution < 1.29 is 14.3 Å². The molecule has 0 heterocycles. The molecule has 0 aliphatic carbocycles. The summed E-state index contributed by atoms with van der Waals surface area (Å²) >= 11 is 0. The van der Waals surface area contributed by atoms with Gasteiger partial charge in [0.25, 0.3) is 0 Å². The second kappa shape index (κ2) is 5.00. The van der Waals surface area contributed by atoms with Crippen LogP contribution in [0.5, 0.6) is 0 Å². The zero-order chi connectivity index (χ0) is 13.0. The van der Waals surface area contributed by atoms with Gasteiger partial charge in [-0.1, -0.05) is 60.7 Å². The Morgan fingerprint density at radius 2 is 1.50 bits per heavy atom. The number of alkyl halides is 1. The minimum atomic E-state index is -2.39. The predicted octanol–water partition coefficient (Wildman–Crippen LogP) is 3.18. The molecule has 0 aliphatic heterocycles. The SMILES string of the molecule is O=C(O)C(F)(Cc1ccccc1)c1ccccc1. The Morgan fingerprint density at radius 1 is 1.00 bits per heavy atom. The highest BCUT2D eigenvalue weighted by Gasteiger charge is 2.40. The smallest absolute Gasteiger partial charge is 0.346 e. The molecule has 92 valence electrons. The number of carbonyl (C=O) groups is 1. The number of carboxylic acid groups (broad SMARTS) is 1. The van der Waals surface area contributed by atoms with Gasteiger partial charge in [0, 0.05) is 12.0 Å². The third-order valence-corrected chi connectivity index (χ3v) is 2.86. The number of rotatable bonds is 4. The number of benzene rings is 2. The molecule has 2 nitrogen and oxygen atoms in total. The van der Waals surface area contributed by atoms with Crippen LogP contribution in [-0.2, 0) is 16.9 Å². The molecule has 1 N–H and O–H groups in total. The van der Waals surface area contributed by atoms with E-state index in [1.165, 1.54) is 12.1 Å². The summed E-state index contributed by atoms with van der Waals surface area (Å²) in [5, 5.41) is 9.17. The summed E-state index contributed by atoms with van der Waals surface area (Å²) in [5.41, 5.74) is -1.56. The minimum Gasteiger partial charge on any atom is -0.479 e. The molecule has 2 aromatic rings. The standard InChI is InChI=1S/C15H13FO2/c16-15(14(17)18,13-9-5-2-6-10-13)11-12-7-3-1-4-8-12/h1-10H,11H2,(H,17,18). The molecule has 0 spiro atoms. The van der Waals surface area contributed by atoms with Crippen molar-refractivity contribution in [1.29, 1.82) is 0 Å². The van der Waals surface area contributed by atoms with Gasteiger partial charge in [-0.25, -0.2) is 9.18 Å². The summed E-state index contributed by atoms with van der Waals surface area (Å²) in [6.45, 7) is 0. The lowest BCUT2D eigenvalue weighted by atomic mass is 9.89. The van der Waals surface area contributed by atoms with Crippen molar-refractivity contribution in [2.75, 3.05) is 0 Å². The van der Waals surface area contributed by atoms with Crippen LogP contribution >= 0.6 is 0 Å².